The van der Waals surface area contributed by atoms with Gasteiger partial charge in [0.05, 0.1) is 30.1 Å². The summed E-state index contributed by atoms with van der Waals surface area (Å²) < 4.78 is 5.10. The van der Waals surface area contributed by atoms with Crippen molar-refractivity contribution >= 4 is 35.4 Å². The van der Waals surface area contributed by atoms with Crippen molar-refractivity contribution in [2.75, 3.05) is 12.0 Å². The molecule has 1 aliphatic heterocycles. The predicted molar refractivity (Wildman–Crippen MR) is 96.8 cm³/mol. The smallest absolute Gasteiger partial charge is 0.335 e. The fourth-order valence-corrected chi connectivity index (χ4v) is 2.50. The number of imide groups is 2. The van der Waals surface area contributed by atoms with Gasteiger partial charge in [0.2, 0.25) is 5.91 Å². The van der Waals surface area contributed by atoms with Crippen LogP contribution in [0.3, 0.4) is 0 Å². The van der Waals surface area contributed by atoms with Crippen LogP contribution in [0.1, 0.15) is 5.56 Å². The zero-order chi connectivity index (χ0) is 19.4. The quantitative estimate of drug-likeness (QED) is 0.662. The summed E-state index contributed by atoms with van der Waals surface area (Å²) in [6.45, 7) is 0. The number of carbonyl (C=O) groups is 3. The number of methoxy groups -OCH3 is 1. The number of aliphatic imine (C=N–C) groups is 1. The van der Waals surface area contributed by atoms with E-state index in [1.54, 1.807) is 42.5 Å². The summed E-state index contributed by atoms with van der Waals surface area (Å²) in [7, 11) is 1.47. The van der Waals surface area contributed by atoms with E-state index in [-0.39, 0.29) is 5.69 Å². The van der Waals surface area contributed by atoms with E-state index in [9.17, 15) is 14.4 Å². The molecule has 1 N–H and O–H groups in total. The van der Waals surface area contributed by atoms with Gasteiger partial charge in [0.25, 0.3) is 5.91 Å². The topological polar surface area (TPSA) is 112 Å². The Kier molecular flexibility index (Phi) is 4.95. The van der Waals surface area contributed by atoms with Gasteiger partial charge in [-0.25, -0.2) is 9.69 Å². The van der Waals surface area contributed by atoms with E-state index >= 15 is 0 Å². The molecule has 1 fully saturated rings. The molecular weight excluding hydrogens is 348 g/mol. The first-order valence-corrected chi connectivity index (χ1v) is 7.90. The van der Waals surface area contributed by atoms with Crippen LogP contribution in [0, 0.1) is 17.2 Å². The summed E-state index contributed by atoms with van der Waals surface area (Å²) >= 11 is 0. The molecule has 8 nitrogen and oxygen atoms in total. The lowest BCUT2D eigenvalue weighted by Crippen LogP contribution is -2.58. The lowest BCUT2D eigenvalue weighted by molar-refractivity contribution is -0.131. The van der Waals surface area contributed by atoms with Crippen molar-refractivity contribution in [3.63, 3.8) is 0 Å². The third-order valence-electron chi connectivity index (χ3n) is 3.88. The zero-order valence-corrected chi connectivity index (χ0v) is 14.2. The molecule has 2 aromatic rings. The standard InChI is InChI=1S/C19H14N4O4/c1-27-15-4-2-3-14(9-15)23-18(25)16(17(24)22-19(23)26)11-21-13-7-5-12(10-20)6-8-13/h2-9,11,16H,1H3,(H,22,24,26)/t16-/m1/s1. The molecule has 0 saturated carbocycles. The Labute approximate surface area is 154 Å². The van der Waals surface area contributed by atoms with Crippen molar-refractivity contribution in [1.29, 1.82) is 5.26 Å². The lowest BCUT2D eigenvalue weighted by Gasteiger charge is -2.28. The number of nitriles is 1. The Bertz CT molecular complexity index is 976. The summed E-state index contributed by atoms with van der Waals surface area (Å²) in [6, 6.07) is 13.9. The maximum absolute atomic E-state index is 12.7. The number of nitrogens with zero attached hydrogens (tertiary/aromatic N) is 3. The van der Waals surface area contributed by atoms with Gasteiger partial charge in [-0.15, -0.1) is 0 Å². The molecule has 1 atom stereocenters. The minimum Gasteiger partial charge on any atom is -0.497 e. The number of ether oxygens (including phenoxy) is 1. The number of amides is 4. The molecular formula is C19H14N4O4. The molecule has 1 heterocycles. The van der Waals surface area contributed by atoms with Gasteiger partial charge in [0.15, 0.2) is 5.92 Å². The minimum atomic E-state index is -1.26. The third kappa shape index (κ3) is 3.67. The Morgan fingerprint density at radius 3 is 2.59 bits per heavy atom. The Hall–Kier alpha value is -3.99. The van der Waals surface area contributed by atoms with Crippen molar-refractivity contribution < 1.29 is 19.1 Å². The van der Waals surface area contributed by atoms with Gasteiger partial charge in [-0.3, -0.25) is 19.9 Å². The number of hydrogen-bond acceptors (Lipinski definition) is 6. The second-order valence-corrected chi connectivity index (χ2v) is 5.58. The lowest BCUT2D eigenvalue weighted by atomic mass is 10.1. The normalized spacial score (nSPS) is 17.0. The van der Waals surface area contributed by atoms with E-state index < -0.39 is 23.8 Å². The summed E-state index contributed by atoms with van der Waals surface area (Å²) in [5.41, 5.74) is 1.22. The first kappa shape index (κ1) is 17.8. The van der Waals surface area contributed by atoms with Gasteiger partial charge in [-0.1, -0.05) is 6.07 Å². The summed E-state index contributed by atoms with van der Waals surface area (Å²) in [6.07, 6.45) is 1.18. The zero-order valence-electron chi connectivity index (χ0n) is 14.2. The number of anilines is 1. The number of benzene rings is 2. The number of rotatable bonds is 4. The van der Waals surface area contributed by atoms with Crippen LogP contribution in [-0.2, 0) is 9.59 Å². The van der Waals surface area contributed by atoms with Crippen LogP contribution in [-0.4, -0.2) is 31.2 Å². The van der Waals surface area contributed by atoms with Gasteiger partial charge in [-0.2, -0.15) is 5.26 Å². The van der Waals surface area contributed by atoms with Gasteiger partial charge < -0.3 is 4.74 Å². The van der Waals surface area contributed by atoms with Crippen LogP contribution in [0.4, 0.5) is 16.2 Å². The van der Waals surface area contributed by atoms with Crippen LogP contribution in [0.25, 0.3) is 0 Å². The molecule has 0 bridgehead atoms. The highest BCUT2D eigenvalue weighted by atomic mass is 16.5. The van der Waals surface area contributed by atoms with Crippen LogP contribution in [0.15, 0.2) is 53.5 Å². The molecule has 0 radical (unpaired) electrons. The van der Waals surface area contributed by atoms with Crippen LogP contribution < -0.4 is 15.0 Å². The second-order valence-electron chi connectivity index (χ2n) is 5.58. The predicted octanol–water partition coefficient (Wildman–Crippen LogP) is 2.17. The molecule has 4 amide bonds. The maximum Gasteiger partial charge on any atom is 0.335 e. The average molecular weight is 362 g/mol. The molecule has 0 aliphatic carbocycles. The number of hydrogen-bond donors (Lipinski definition) is 1. The van der Waals surface area contributed by atoms with Crippen LogP contribution in [0.5, 0.6) is 5.75 Å². The number of carbonyl (C=O) groups excluding carboxylic acids is 3. The molecule has 0 aromatic heterocycles. The first-order valence-electron chi connectivity index (χ1n) is 7.90. The molecule has 8 heteroatoms. The van der Waals surface area contributed by atoms with E-state index in [1.807, 2.05) is 6.07 Å². The summed E-state index contributed by atoms with van der Waals surface area (Å²) in [4.78, 5) is 42.0. The average Bonchev–Trinajstić information content (AvgIpc) is 2.68. The minimum absolute atomic E-state index is 0.279. The van der Waals surface area contributed by atoms with Crippen molar-refractivity contribution in [1.82, 2.24) is 5.32 Å². The molecule has 134 valence electrons. The number of urea groups is 1. The van der Waals surface area contributed by atoms with Crippen molar-refractivity contribution in [2.24, 2.45) is 10.9 Å². The van der Waals surface area contributed by atoms with Gasteiger partial charge in [-0.05, 0) is 36.4 Å². The van der Waals surface area contributed by atoms with Crippen molar-refractivity contribution in [3.05, 3.63) is 54.1 Å². The van der Waals surface area contributed by atoms with E-state index in [1.165, 1.54) is 19.4 Å². The van der Waals surface area contributed by atoms with Gasteiger partial charge in [0.1, 0.15) is 5.75 Å². The highest BCUT2D eigenvalue weighted by Gasteiger charge is 2.40. The van der Waals surface area contributed by atoms with E-state index in [0.29, 0.717) is 17.0 Å². The molecule has 1 saturated heterocycles. The highest BCUT2D eigenvalue weighted by Crippen LogP contribution is 2.24. The molecule has 2 aromatic carbocycles. The molecule has 1 aliphatic rings. The Morgan fingerprint density at radius 1 is 1.19 bits per heavy atom. The second kappa shape index (κ2) is 7.49. The van der Waals surface area contributed by atoms with Gasteiger partial charge in [0, 0.05) is 12.3 Å². The Morgan fingerprint density at radius 2 is 1.93 bits per heavy atom. The third-order valence-corrected chi connectivity index (χ3v) is 3.88. The van der Waals surface area contributed by atoms with Crippen molar-refractivity contribution in [2.45, 2.75) is 0 Å². The fourth-order valence-electron chi connectivity index (χ4n) is 2.50. The maximum atomic E-state index is 12.7. The largest absolute Gasteiger partial charge is 0.497 e. The fraction of sp³-hybridized carbons (Fsp3) is 0.105. The summed E-state index contributed by atoms with van der Waals surface area (Å²) in [5.74, 6) is -2.26. The SMILES string of the molecule is COc1cccc(N2C(=O)NC(=O)[C@@H](C=Nc3ccc(C#N)cc3)C2=O)c1. The monoisotopic (exact) mass is 362 g/mol. The Balaban J connectivity index is 1.87. The number of nitrogens with one attached hydrogen (secondary N) is 1. The van der Waals surface area contributed by atoms with Gasteiger partial charge >= 0.3 is 6.03 Å². The van der Waals surface area contributed by atoms with E-state index in [2.05, 4.69) is 10.3 Å². The first-order chi connectivity index (χ1) is 13.0. The number of barbiturate groups is 1. The van der Waals surface area contributed by atoms with Crippen LogP contribution >= 0.6 is 0 Å². The highest BCUT2D eigenvalue weighted by molar-refractivity contribution is 6.32. The van der Waals surface area contributed by atoms with Crippen molar-refractivity contribution in [3.8, 4) is 11.8 Å². The summed E-state index contributed by atoms with van der Waals surface area (Å²) in [5, 5.41) is 11.0. The molecule has 27 heavy (non-hydrogen) atoms. The van der Waals surface area contributed by atoms with E-state index in [4.69, 9.17) is 10.00 Å². The van der Waals surface area contributed by atoms with E-state index in [0.717, 1.165) is 4.90 Å². The molecule has 0 spiro atoms. The molecule has 3 rings (SSSR count). The molecule has 0 unspecified atom stereocenters. The van der Waals surface area contributed by atoms with Crippen LogP contribution in [0.2, 0.25) is 0 Å².